The molecular formula is C21H22F13NO6. The molecule has 41 heavy (non-hydrogen) atoms. The number of esters is 1. The lowest BCUT2D eigenvalue weighted by Crippen LogP contribution is -2.70. The van der Waals surface area contributed by atoms with Gasteiger partial charge in [0.05, 0.1) is 45.2 Å². The number of halogens is 13. The molecule has 238 valence electrons. The maximum Gasteiger partial charge on any atom is 0.460 e. The summed E-state index contributed by atoms with van der Waals surface area (Å²) in [6.07, 6.45) is -8.56. The normalized spacial score (nSPS) is 15.2. The Balaban J connectivity index is 1.70. The molecule has 0 atom stereocenters. The van der Waals surface area contributed by atoms with E-state index in [0.29, 0.717) is 31.3 Å². The van der Waals surface area contributed by atoms with E-state index in [1.165, 1.54) is 0 Å². The molecule has 0 bridgehead atoms. The van der Waals surface area contributed by atoms with Gasteiger partial charge in [-0.1, -0.05) is 0 Å². The Morgan fingerprint density at radius 3 is 1.66 bits per heavy atom. The van der Waals surface area contributed by atoms with Crippen molar-refractivity contribution in [3.05, 3.63) is 12.4 Å². The number of aromatic nitrogens is 1. The second-order valence-corrected chi connectivity index (χ2v) is 8.37. The molecule has 0 unspecified atom stereocenters. The first kappa shape index (κ1) is 34.6. The Hall–Kier alpha value is -2.64. The Bertz CT molecular complexity index is 989. The third kappa shape index (κ3) is 7.42. The Morgan fingerprint density at radius 1 is 0.683 bits per heavy atom. The van der Waals surface area contributed by atoms with Crippen molar-refractivity contribution < 1.29 is 85.6 Å². The second kappa shape index (κ2) is 12.7. The van der Waals surface area contributed by atoms with Crippen molar-refractivity contribution in [1.29, 1.82) is 0 Å². The number of nitrogens with zero attached hydrogens (tertiary/aromatic N) is 1. The summed E-state index contributed by atoms with van der Waals surface area (Å²) in [5.41, 5.74) is 0. The van der Waals surface area contributed by atoms with Crippen LogP contribution in [0.3, 0.4) is 0 Å². The van der Waals surface area contributed by atoms with Crippen molar-refractivity contribution in [1.82, 2.24) is 4.57 Å². The molecule has 1 aromatic rings. The molecule has 1 aliphatic heterocycles. The molecule has 0 aliphatic carbocycles. The molecule has 0 saturated carbocycles. The summed E-state index contributed by atoms with van der Waals surface area (Å²) in [7, 11) is 0. The van der Waals surface area contributed by atoms with Crippen molar-refractivity contribution in [2.24, 2.45) is 0 Å². The molecule has 0 N–H and O–H groups in total. The molecule has 0 saturated heterocycles. The number of alkyl halides is 13. The predicted octanol–water partition coefficient (Wildman–Crippen LogP) is 5.35. The van der Waals surface area contributed by atoms with Crippen LogP contribution in [-0.2, 0) is 25.5 Å². The average Bonchev–Trinajstić information content (AvgIpc) is 3.28. The van der Waals surface area contributed by atoms with Gasteiger partial charge in [0, 0.05) is 13.0 Å². The van der Waals surface area contributed by atoms with E-state index in [-0.39, 0.29) is 26.4 Å². The highest BCUT2D eigenvalue weighted by Crippen LogP contribution is 2.60. The van der Waals surface area contributed by atoms with Crippen LogP contribution in [0, 0.1) is 0 Å². The van der Waals surface area contributed by atoms with E-state index in [2.05, 4.69) is 4.74 Å². The largest absolute Gasteiger partial charge is 0.485 e. The van der Waals surface area contributed by atoms with E-state index < -0.39 is 61.2 Å². The average molecular weight is 631 g/mol. The summed E-state index contributed by atoms with van der Waals surface area (Å²) >= 11 is 0. The minimum absolute atomic E-state index is 0.0511. The third-order valence-corrected chi connectivity index (χ3v) is 5.41. The van der Waals surface area contributed by atoms with Gasteiger partial charge in [-0.05, 0) is 0 Å². The van der Waals surface area contributed by atoms with Crippen molar-refractivity contribution in [3.63, 3.8) is 0 Å². The molecule has 0 radical (unpaired) electrons. The summed E-state index contributed by atoms with van der Waals surface area (Å²) < 4.78 is 197. The van der Waals surface area contributed by atoms with Crippen molar-refractivity contribution in [3.8, 4) is 11.5 Å². The van der Waals surface area contributed by atoms with Gasteiger partial charge < -0.3 is 28.3 Å². The lowest BCUT2D eigenvalue weighted by Gasteiger charge is -2.39. The highest BCUT2D eigenvalue weighted by atomic mass is 19.4. The molecule has 0 spiro atoms. The van der Waals surface area contributed by atoms with Crippen LogP contribution < -0.4 is 9.47 Å². The lowest BCUT2D eigenvalue weighted by atomic mass is 9.92. The van der Waals surface area contributed by atoms with Gasteiger partial charge in [0.2, 0.25) is 0 Å². The maximum atomic E-state index is 13.7. The van der Waals surface area contributed by atoms with Crippen LogP contribution in [-0.4, -0.2) is 92.6 Å². The minimum Gasteiger partial charge on any atom is -0.485 e. The second-order valence-electron chi connectivity index (χ2n) is 8.37. The van der Waals surface area contributed by atoms with Crippen molar-refractivity contribution in [2.75, 3.05) is 46.2 Å². The third-order valence-electron chi connectivity index (χ3n) is 5.41. The fourth-order valence-electron chi connectivity index (χ4n) is 3.11. The van der Waals surface area contributed by atoms with Gasteiger partial charge in [0.15, 0.2) is 11.5 Å². The maximum absolute atomic E-state index is 13.7. The van der Waals surface area contributed by atoms with Crippen LogP contribution in [0.2, 0.25) is 0 Å². The first-order chi connectivity index (χ1) is 18.7. The fourth-order valence-corrected chi connectivity index (χ4v) is 3.11. The van der Waals surface area contributed by atoms with Crippen LogP contribution in [0.1, 0.15) is 12.8 Å². The molecule has 1 aromatic heterocycles. The molecule has 7 nitrogen and oxygen atoms in total. The topological polar surface area (TPSA) is 68.2 Å². The molecular weight excluding hydrogens is 609 g/mol. The molecule has 1 aliphatic rings. The molecule has 0 amide bonds. The van der Waals surface area contributed by atoms with E-state index in [1.54, 1.807) is 17.0 Å². The summed E-state index contributed by atoms with van der Waals surface area (Å²) in [6.45, 7) is 0.456. The van der Waals surface area contributed by atoms with Crippen LogP contribution in [0.15, 0.2) is 12.4 Å². The Labute approximate surface area is 222 Å². The van der Waals surface area contributed by atoms with Crippen molar-refractivity contribution in [2.45, 2.75) is 55.2 Å². The number of carbonyl (C=O) groups excluding carboxylic acids is 1. The van der Waals surface area contributed by atoms with Gasteiger partial charge in [-0.15, -0.1) is 0 Å². The Kier molecular flexibility index (Phi) is 10.7. The first-order valence-electron chi connectivity index (χ1n) is 11.4. The van der Waals surface area contributed by atoms with E-state index in [0.717, 1.165) is 0 Å². The number of carbonyl (C=O) groups is 1. The summed E-state index contributed by atoms with van der Waals surface area (Å²) in [5.74, 6) is -38.0. The van der Waals surface area contributed by atoms with Gasteiger partial charge in [-0.2, -0.15) is 57.1 Å². The highest BCUT2D eigenvalue weighted by molar-refractivity contribution is 5.69. The van der Waals surface area contributed by atoms with Crippen LogP contribution in [0.4, 0.5) is 57.1 Å². The molecule has 20 heteroatoms. The van der Waals surface area contributed by atoms with Gasteiger partial charge in [-0.3, -0.25) is 4.79 Å². The monoisotopic (exact) mass is 631 g/mol. The first-order valence-corrected chi connectivity index (χ1v) is 11.4. The smallest absolute Gasteiger partial charge is 0.460 e. The number of hydrogen-bond acceptors (Lipinski definition) is 6. The fraction of sp³-hybridized carbons (Fsp3) is 0.762. The summed E-state index contributed by atoms with van der Waals surface area (Å²) in [4.78, 5) is 11.4. The Morgan fingerprint density at radius 2 is 1.15 bits per heavy atom. The molecule has 2 rings (SSSR count). The zero-order valence-electron chi connectivity index (χ0n) is 20.5. The van der Waals surface area contributed by atoms with Gasteiger partial charge in [0.1, 0.15) is 19.8 Å². The summed E-state index contributed by atoms with van der Waals surface area (Å²) in [5, 5.41) is 0. The standard InChI is InChI=1S/C21H22F13NO6/c22-16(23,17(24,25)18(26,27)19(28,29)20(30,31)21(32,33)34)2-1-15(36)41-8-7-38-6-5-37-4-3-35-11-13-14(12-35)40-10-9-39-13/h11-12H,1-10H2. The zero-order valence-corrected chi connectivity index (χ0v) is 20.5. The quantitative estimate of drug-likeness (QED) is 0.139. The summed E-state index contributed by atoms with van der Waals surface area (Å²) in [6, 6.07) is 0. The van der Waals surface area contributed by atoms with E-state index in [1.807, 2.05) is 0 Å². The number of ether oxygens (including phenoxy) is 5. The van der Waals surface area contributed by atoms with Gasteiger partial charge in [0.25, 0.3) is 0 Å². The number of rotatable bonds is 16. The van der Waals surface area contributed by atoms with E-state index in [9.17, 15) is 61.9 Å². The minimum atomic E-state index is -7.99. The van der Waals surface area contributed by atoms with Gasteiger partial charge >= 0.3 is 41.8 Å². The predicted molar refractivity (Wildman–Crippen MR) is 108 cm³/mol. The highest BCUT2D eigenvalue weighted by Gasteiger charge is 2.90. The number of hydrogen-bond donors (Lipinski definition) is 0. The molecule has 0 aromatic carbocycles. The zero-order chi connectivity index (χ0) is 31.3. The van der Waals surface area contributed by atoms with E-state index in [4.69, 9.17) is 18.9 Å². The van der Waals surface area contributed by atoms with Crippen LogP contribution in [0.5, 0.6) is 11.5 Å². The lowest BCUT2D eigenvalue weighted by molar-refractivity contribution is -0.440. The van der Waals surface area contributed by atoms with E-state index >= 15 is 0 Å². The van der Waals surface area contributed by atoms with Crippen molar-refractivity contribution >= 4 is 5.97 Å². The SMILES string of the molecule is O=C(CCC(F)(F)C(F)(F)C(F)(F)C(F)(F)C(F)(F)C(F)(F)F)OCCOCCOCCn1cc2c(c1)OCCO2. The molecule has 0 fully saturated rings. The number of fused-ring (bicyclic) bond motifs is 1. The van der Waals surface area contributed by atoms with Crippen LogP contribution >= 0.6 is 0 Å². The molecule has 2 heterocycles. The van der Waals surface area contributed by atoms with Crippen LogP contribution in [0.25, 0.3) is 0 Å². The van der Waals surface area contributed by atoms with Gasteiger partial charge in [-0.25, -0.2) is 0 Å².